The van der Waals surface area contributed by atoms with E-state index in [9.17, 15) is 18.0 Å². The molecule has 2 aliphatic heterocycles. The van der Waals surface area contributed by atoms with Crippen molar-refractivity contribution in [2.45, 2.75) is 25.1 Å². The van der Waals surface area contributed by atoms with Crippen LogP contribution in [-0.2, 0) is 19.0 Å². The first-order valence-corrected chi connectivity index (χ1v) is 9.41. The van der Waals surface area contributed by atoms with Gasteiger partial charge >= 0.3 is 6.18 Å². The Morgan fingerprint density at radius 2 is 1.97 bits per heavy atom. The Hall–Kier alpha value is -2.87. The van der Waals surface area contributed by atoms with Crippen LogP contribution in [0.1, 0.15) is 38.8 Å². The van der Waals surface area contributed by atoms with Crippen molar-refractivity contribution in [2.24, 2.45) is 0 Å². The zero-order chi connectivity index (χ0) is 20.3. The van der Waals surface area contributed by atoms with Gasteiger partial charge in [-0.1, -0.05) is 35.9 Å². The molecule has 4 heterocycles. The lowest BCUT2D eigenvalue weighted by atomic mass is 9.86. The van der Waals surface area contributed by atoms with Crippen LogP contribution in [0.4, 0.5) is 13.2 Å². The molecule has 2 aromatic heterocycles. The number of halogens is 4. The molecule has 1 aromatic carbocycles. The standard InChI is InChI=1S/C20H14ClF3N4O/c21-15-7-12(20(22,23)24)9-25-18(15)28-17-8-16-13-4-2-1-3-11(13)5-6-27(16)19(29)14(17)10-26-28/h1-4,7,9-10,16H,5-6,8H2/t16-/m1/s1. The first kappa shape index (κ1) is 18.2. The highest BCUT2D eigenvalue weighted by molar-refractivity contribution is 6.32. The number of amides is 1. The van der Waals surface area contributed by atoms with Gasteiger partial charge in [-0.25, -0.2) is 9.67 Å². The van der Waals surface area contributed by atoms with E-state index >= 15 is 0 Å². The molecule has 2 aliphatic rings. The van der Waals surface area contributed by atoms with Crippen LogP contribution in [0.15, 0.2) is 42.7 Å². The predicted octanol–water partition coefficient (Wildman–Crippen LogP) is 4.24. The van der Waals surface area contributed by atoms with Gasteiger partial charge < -0.3 is 4.90 Å². The summed E-state index contributed by atoms with van der Waals surface area (Å²) in [6, 6.07) is 8.65. The second kappa shape index (κ2) is 6.32. The fraction of sp³-hybridized carbons (Fsp3) is 0.250. The Morgan fingerprint density at radius 1 is 1.17 bits per heavy atom. The smallest absolute Gasteiger partial charge is 0.331 e. The van der Waals surface area contributed by atoms with Crippen LogP contribution in [0.3, 0.4) is 0 Å². The van der Waals surface area contributed by atoms with Gasteiger partial charge in [0.15, 0.2) is 5.82 Å². The van der Waals surface area contributed by atoms with Crippen LogP contribution >= 0.6 is 11.6 Å². The van der Waals surface area contributed by atoms with Gasteiger partial charge in [0.1, 0.15) is 0 Å². The van der Waals surface area contributed by atoms with E-state index in [1.54, 1.807) is 0 Å². The SMILES string of the molecule is O=C1c2cnn(-c3ncc(C(F)(F)F)cc3Cl)c2C[C@@H]2c3ccccc3CCN12. The normalized spacial score (nSPS) is 18.3. The maximum atomic E-state index is 13.0. The molecule has 0 bridgehead atoms. The molecule has 1 atom stereocenters. The topological polar surface area (TPSA) is 51.0 Å². The van der Waals surface area contributed by atoms with Crippen LogP contribution in [0, 0.1) is 0 Å². The van der Waals surface area contributed by atoms with E-state index in [2.05, 4.69) is 16.1 Å². The van der Waals surface area contributed by atoms with Crippen molar-refractivity contribution in [3.8, 4) is 5.82 Å². The highest BCUT2D eigenvalue weighted by Gasteiger charge is 2.39. The number of rotatable bonds is 1. The summed E-state index contributed by atoms with van der Waals surface area (Å²) in [7, 11) is 0. The van der Waals surface area contributed by atoms with Gasteiger partial charge in [-0.3, -0.25) is 4.79 Å². The lowest BCUT2D eigenvalue weighted by Crippen LogP contribution is -2.44. The van der Waals surface area contributed by atoms with E-state index in [4.69, 9.17) is 11.6 Å². The summed E-state index contributed by atoms with van der Waals surface area (Å²) in [5.41, 5.74) is 2.37. The van der Waals surface area contributed by atoms with Crippen LogP contribution in [0.2, 0.25) is 5.02 Å². The molecule has 0 spiro atoms. The molecule has 0 unspecified atom stereocenters. The van der Waals surface area contributed by atoms with E-state index in [0.29, 0.717) is 24.2 Å². The lowest BCUT2D eigenvalue weighted by molar-refractivity contribution is -0.137. The fourth-order valence-corrected chi connectivity index (χ4v) is 4.37. The minimum absolute atomic E-state index is 0.0752. The zero-order valence-electron chi connectivity index (χ0n) is 14.9. The minimum atomic E-state index is -4.54. The predicted molar refractivity (Wildman–Crippen MR) is 99.0 cm³/mol. The third-order valence-electron chi connectivity index (χ3n) is 5.51. The van der Waals surface area contributed by atoms with Gasteiger partial charge in [0.25, 0.3) is 5.91 Å². The number of fused-ring (bicyclic) bond motifs is 4. The summed E-state index contributed by atoms with van der Waals surface area (Å²) in [6.45, 7) is 0.615. The van der Waals surface area contributed by atoms with Gasteiger partial charge in [-0.2, -0.15) is 18.3 Å². The van der Waals surface area contributed by atoms with Crippen molar-refractivity contribution < 1.29 is 18.0 Å². The third kappa shape index (κ3) is 2.81. The Bertz CT molecular complexity index is 1140. The summed E-state index contributed by atoms with van der Waals surface area (Å²) in [5.74, 6) is -0.0636. The van der Waals surface area contributed by atoms with Gasteiger partial charge in [-0.05, 0) is 23.6 Å². The van der Waals surface area contributed by atoms with Crippen LogP contribution in [0.25, 0.3) is 5.82 Å². The summed E-state index contributed by atoms with van der Waals surface area (Å²) < 4.78 is 40.1. The Balaban J connectivity index is 1.59. The number of hydrogen-bond acceptors (Lipinski definition) is 3. The van der Waals surface area contributed by atoms with E-state index in [1.165, 1.54) is 16.4 Å². The molecule has 0 aliphatic carbocycles. The molecule has 0 saturated carbocycles. The maximum absolute atomic E-state index is 13.0. The summed E-state index contributed by atoms with van der Waals surface area (Å²) in [6.07, 6.45) is -1.11. The average Bonchev–Trinajstić information content (AvgIpc) is 3.11. The first-order chi connectivity index (χ1) is 13.8. The number of pyridine rings is 1. The van der Waals surface area contributed by atoms with Gasteiger partial charge in [0.2, 0.25) is 0 Å². The van der Waals surface area contributed by atoms with Crippen molar-refractivity contribution in [1.29, 1.82) is 0 Å². The molecule has 0 radical (unpaired) electrons. The summed E-state index contributed by atoms with van der Waals surface area (Å²) in [4.78, 5) is 18.8. The van der Waals surface area contributed by atoms with E-state index < -0.39 is 11.7 Å². The van der Waals surface area contributed by atoms with Gasteiger partial charge in [0.05, 0.1) is 34.1 Å². The van der Waals surface area contributed by atoms with E-state index in [-0.39, 0.29) is 22.8 Å². The van der Waals surface area contributed by atoms with Crippen molar-refractivity contribution in [2.75, 3.05) is 6.54 Å². The summed E-state index contributed by atoms with van der Waals surface area (Å²) in [5, 5.41) is 4.05. The fourth-order valence-electron chi connectivity index (χ4n) is 4.13. The maximum Gasteiger partial charge on any atom is 0.417 e. The van der Waals surface area contributed by atoms with E-state index in [0.717, 1.165) is 24.2 Å². The molecule has 5 rings (SSSR count). The molecule has 0 N–H and O–H groups in total. The molecule has 148 valence electrons. The number of nitrogens with zero attached hydrogens (tertiary/aromatic N) is 4. The van der Waals surface area contributed by atoms with Crippen molar-refractivity contribution in [3.05, 3.63) is 75.7 Å². The molecule has 3 aromatic rings. The third-order valence-corrected chi connectivity index (χ3v) is 5.79. The summed E-state index contributed by atoms with van der Waals surface area (Å²) >= 11 is 6.11. The Morgan fingerprint density at radius 3 is 2.72 bits per heavy atom. The van der Waals surface area contributed by atoms with E-state index in [1.807, 2.05) is 23.1 Å². The van der Waals surface area contributed by atoms with Gasteiger partial charge in [0, 0.05) is 19.2 Å². The lowest BCUT2D eigenvalue weighted by Gasteiger charge is -2.40. The highest BCUT2D eigenvalue weighted by Crippen LogP contribution is 2.39. The number of carbonyl (C=O) groups is 1. The molecular weight excluding hydrogens is 405 g/mol. The van der Waals surface area contributed by atoms with Gasteiger partial charge in [-0.15, -0.1) is 0 Å². The number of aromatic nitrogens is 3. The van der Waals surface area contributed by atoms with Crippen molar-refractivity contribution >= 4 is 17.5 Å². The molecule has 9 heteroatoms. The van der Waals surface area contributed by atoms with Crippen LogP contribution in [-0.4, -0.2) is 32.1 Å². The Kier molecular flexibility index (Phi) is 3.96. The molecule has 1 amide bonds. The molecule has 5 nitrogen and oxygen atoms in total. The second-order valence-electron chi connectivity index (χ2n) is 7.11. The minimum Gasteiger partial charge on any atom is -0.331 e. The molecular formula is C20H14ClF3N4O. The van der Waals surface area contributed by atoms with Crippen molar-refractivity contribution in [1.82, 2.24) is 19.7 Å². The highest BCUT2D eigenvalue weighted by atomic mass is 35.5. The molecule has 29 heavy (non-hydrogen) atoms. The average molecular weight is 419 g/mol. The second-order valence-corrected chi connectivity index (χ2v) is 7.52. The Labute approximate surface area is 168 Å². The monoisotopic (exact) mass is 418 g/mol. The largest absolute Gasteiger partial charge is 0.417 e. The molecule has 0 fully saturated rings. The van der Waals surface area contributed by atoms with Crippen LogP contribution in [0.5, 0.6) is 0 Å². The van der Waals surface area contributed by atoms with Crippen LogP contribution < -0.4 is 0 Å². The molecule has 0 saturated heterocycles. The quantitative estimate of drug-likeness (QED) is 0.594. The van der Waals surface area contributed by atoms with Crippen molar-refractivity contribution in [3.63, 3.8) is 0 Å². The zero-order valence-corrected chi connectivity index (χ0v) is 15.7. The number of hydrogen-bond donors (Lipinski definition) is 0. The number of benzene rings is 1. The first-order valence-electron chi connectivity index (χ1n) is 9.03. The number of carbonyl (C=O) groups excluding carboxylic acids is 1. The number of alkyl halides is 3.